The summed E-state index contributed by atoms with van der Waals surface area (Å²) in [7, 11) is 0. The summed E-state index contributed by atoms with van der Waals surface area (Å²) in [6.07, 6.45) is 7.70. The molecule has 92 valence electrons. The summed E-state index contributed by atoms with van der Waals surface area (Å²) < 4.78 is 1.77. The third-order valence-electron chi connectivity index (χ3n) is 2.86. The quantitative estimate of drug-likeness (QED) is 0.664. The minimum Gasteiger partial charge on any atom is -0.220 e. The fourth-order valence-electron chi connectivity index (χ4n) is 1.92. The summed E-state index contributed by atoms with van der Waals surface area (Å²) in [5.41, 5.74) is 3.31. The van der Waals surface area contributed by atoms with Gasteiger partial charge in [0.1, 0.15) is 0 Å². The van der Waals surface area contributed by atoms with Crippen LogP contribution in [0.5, 0.6) is 0 Å². The van der Waals surface area contributed by atoms with E-state index in [0.29, 0.717) is 0 Å². The van der Waals surface area contributed by atoms with Crippen molar-refractivity contribution in [1.82, 2.24) is 15.0 Å². The van der Waals surface area contributed by atoms with Crippen LogP contribution in [0.4, 0.5) is 0 Å². The summed E-state index contributed by atoms with van der Waals surface area (Å²) in [5.74, 6) is 0. The topological polar surface area (TPSA) is 30.7 Å². The zero-order valence-corrected chi connectivity index (χ0v) is 10.3. The Morgan fingerprint density at radius 2 is 1.63 bits per heavy atom. The van der Waals surface area contributed by atoms with E-state index in [1.54, 1.807) is 10.9 Å². The maximum absolute atomic E-state index is 4.03. The maximum Gasteiger partial charge on any atom is 0.0735 e. The summed E-state index contributed by atoms with van der Waals surface area (Å²) in [6, 6.07) is 18.3. The Morgan fingerprint density at radius 3 is 2.42 bits per heavy atom. The van der Waals surface area contributed by atoms with Crippen LogP contribution in [0.3, 0.4) is 0 Å². The smallest absolute Gasteiger partial charge is 0.0735 e. The number of aromatic nitrogens is 3. The molecule has 0 fully saturated rings. The Balaban J connectivity index is 1.96. The molecule has 0 aliphatic carbocycles. The fourth-order valence-corrected chi connectivity index (χ4v) is 1.92. The van der Waals surface area contributed by atoms with Gasteiger partial charge in [0.2, 0.25) is 0 Å². The van der Waals surface area contributed by atoms with Crippen molar-refractivity contribution in [3.63, 3.8) is 0 Å². The lowest BCUT2D eigenvalue weighted by Crippen LogP contribution is -1.97. The maximum atomic E-state index is 4.03. The molecular formula is C16H13N3. The molecule has 0 N–H and O–H groups in total. The van der Waals surface area contributed by atoms with Crippen molar-refractivity contribution in [2.75, 3.05) is 0 Å². The lowest BCUT2D eigenvalue weighted by Gasteiger charge is -2.04. The number of rotatable bonds is 3. The average Bonchev–Trinajstić information content (AvgIpc) is 3.01. The van der Waals surface area contributed by atoms with E-state index in [9.17, 15) is 0 Å². The molecule has 0 saturated carbocycles. The largest absolute Gasteiger partial charge is 0.220 e. The van der Waals surface area contributed by atoms with Gasteiger partial charge in [0.15, 0.2) is 0 Å². The Hall–Kier alpha value is -2.68. The third-order valence-corrected chi connectivity index (χ3v) is 2.86. The molecule has 0 atom stereocenters. The van der Waals surface area contributed by atoms with Gasteiger partial charge >= 0.3 is 0 Å². The van der Waals surface area contributed by atoms with Crippen molar-refractivity contribution in [2.24, 2.45) is 0 Å². The molecule has 0 radical (unpaired) electrons. The molecule has 0 bridgehead atoms. The van der Waals surface area contributed by atoms with Crippen LogP contribution in [0.25, 0.3) is 17.8 Å². The number of hydrogen-bond acceptors (Lipinski definition) is 2. The molecule has 1 heterocycles. The molecular weight excluding hydrogens is 234 g/mol. The van der Waals surface area contributed by atoms with Crippen molar-refractivity contribution in [3.05, 3.63) is 78.1 Å². The highest BCUT2D eigenvalue weighted by atomic mass is 15.4. The van der Waals surface area contributed by atoms with Gasteiger partial charge in [-0.3, -0.25) is 0 Å². The molecule has 0 saturated heterocycles. The highest BCUT2D eigenvalue weighted by Crippen LogP contribution is 2.16. The minimum atomic E-state index is 1.02. The Morgan fingerprint density at radius 1 is 0.842 bits per heavy atom. The lowest BCUT2D eigenvalue weighted by atomic mass is 10.1. The SMILES string of the molecule is C(=Cc1ccccc1-n1ccnn1)c1ccccc1. The van der Waals surface area contributed by atoms with Crippen LogP contribution in [-0.4, -0.2) is 15.0 Å². The molecule has 3 rings (SSSR count). The summed E-state index contributed by atoms with van der Waals surface area (Å²) in [4.78, 5) is 0. The second-order valence-electron chi connectivity index (χ2n) is 4.15. The molecule has 3 heteroatoms. The predicted molar refractivity (Wildman–Crippen MR) is 76.7 cm³/mol. The molecule has 1 aromatic heterocycles. The van der Waals surface area contributed by atoms with Gasteiger partial charge in [0.25, 0.3) is 0 Å². The zero-order chi connectivity index (χ0) is 12.9. The molecule has 0 aliphatic heterocycles. The minimum absolute atomic E-state index is 1.02. The van der Waals surface area contributed by atoms with Crippen molar-refractivity contribution in [1.29, 1.82) is 0 Å². The van der Waals surface area contributed by atoms with Crippen LogP contribution in [0.2, 0.25) is 0 Å². The number of nitrogens with zero attached hydrogens (tertiary/aromatic N) is 3. The van der Waals surface area contributed by atoms with E-state index >= 15 is 0 Å². The molecule has 0 amide bonds. The highest BCUT2D eigenvalue weighted by Gasteiger charge is 2.01. The summed E-state index contributed by atoms with van der Waals surface area (Å²) >= 11 is 0. The average molecular weight is 247 g/mol. The van der Waals surface area contributed by atoms with Gasteiger partial charge in [-0.1, -0.05) is 65.9 Å². The normalized spacial score (nSPS) is 10.9. The van der Waals surface area contributed by atoms with E-state index in [1.165, 1.54) is 5.56 Å². The van der Waals surface area contributed by atoms with Gasteiger partial charge in [-0.15, -0.1) is 5.10 Å². The fraction of sp³-hybridized carbons (Fsp3) is 0. The van der Waals surface area contributed by atoms with Crippen LogP contribution < -0.4 is 0 Å². The molecule has 0 unspecified atom stereocenters. The standard InChI is InChI=1S/C16H13N3/c1-2-6-14(7-3-1)10-11-15-8-4-5-9-16(15)19-13-12-17-18-19/h1-13H. The molecule has 19 heavy (non-hydrogen) atoms. The predicted octanol–water partition coefficient (Wildman–Crippen LogP) is 3.44. The van der Waals surface area contributed by atoms with Crippen molar-refractivity contribution < 1.29 is 0 Å². The van der Waals surface area contributed by atoms with Crippen LogP contribution in [0.15, 0.2) is 67.0 Å². The van der Waals surface area contributed by atoms with Crippen molar-refractivity contribution in [3.8, 4) is 5.69 Å². The van der Waals surface area contributed by atoms with E-state index in [0.717, 1.165) is 11.3 Å². The van der Waals surface area contributed by atoms with Crippen LogP contribution >= 0.6 is 0 Å². The third kappa shape index (κ3) is 2.60. The zero-order valence-electron chi connectivity index (χ0n) is 10.3. The first kappa shape index (κ1) is 11.4. The molecule has 0 aliphatic rings. The van der Waals surface area contributed by atoms with Gasteiger partial charge in [-0.2, -0.15) is 0 Å². The van der Waals surface area contributed by atoms with Gasteiger partial charge in [-0.25, -0.2) is 4.68 Å². The van der Waals surface area contributed by atoms with Crippen LogP contribution in [0, 0.1) is 0 Å². The van der Waals surface area contributed by atoms with Gasteiger partial charge in [-0.05, 0) is 11.6 Å². The Kier molecular flexibility index (Phi) is 3.19. The first-order valence-electron chi connectivity index (χ1n) is 6.12. The van der Waals surface area contributed by atoms with E-state index in [1.807, 2.05) is 42.6 Å². The summed E-state index contributed by atoms with van der Waals surface area (Å²) in [6.45, 7) is 0. The summed E-state index contributed by atoms with van der Waals surface area (Å²) in [5, 5.41) is 7.88. The second kappa shape index (κ2) is 5.31. The van der Waals surface area contributed by atoms with Gasteiger partial charge < -0.3 is 0 Å². The van der Waals surface area contributed by atoms with Crippen molar-refractivity contribution in [2.45, 2.75) is 0 Å². The molecule has 0 spiro atoms. The van der Waals surface area contributed by atoms with Crippen molar-refractivity contribution >= 4 is 12.2 Å². The molecule has 3 aromatic rings. The van der Waals surface area contributed by atoms with Gasteiger partial charge in [0.05, 0.1) is 18.1 Å². The van der Waals surface area contributed by atoms with Crippen LogP contribution in [0.1, 0.15) is 11.1 Å². The lowest BCUT2D eigenvalue weighted by molar-refractivity contribution is 0.802. The first-order chi connectivity index (χ1) is 9.43. The molecule has 3 nitrogen and oxygen atoms in total. The Bertz CT molecular complexity index is 670. The van der Waals surface area contributed by atoms with E-state index in [-0.39, 0.29) is 0 Å². The number of benzene rings is 2. The number of hydrogen-bond donors (Lipinski definition) is 0. The number of para-hydroxylation sites is 1. The monoisotopic (exact) mass is 247 g/mol. The molecule has 2 aromatic carbocycles. The highest BCUT2D eigenvalue weighted by molar-refractivity contribution is 5.73. The van der Waals surface area contributed by atoms with E-state index in [2.05, 4.69) is 40.7 Å². The Labute approximate surface area is 111 Å². The first-order valence-corrected chi connectivity index (χ1v) is 6.12. The van der Waals surface area contributed by atoms with Gasteiger partial charge in [0, 0.05) is 5.56 Å². The van der Waals surface area contributed by atoms with Crippen LogP contribution in [-0.2, 0) is 0 Å². The second-order valence-corrected chi connectivity index (χ2v) is 4.15. The van der Waals surface area contributed by atoms with E-state index in [4.69, 9.17) is 0 Å². The van der Waals surface area contributed by atoms with E-state index < -0.39 is 0 Å².